The van der Waals surface area contributed by atoms with Crippen molar-refractivity contribution in [2.75, 3.05) is 18.4 Å². The molecule has 0 unspecified atom stereocenters. The van der Waals surface area contributed by atoms with Crippen LogP contribution in [0.2, 0.25) is 0 Å². The van der Waals surface area contributed by atoms with E-state index in [0.29, 0.717) is 11.7 Å². The molecule has 0 bridgehead atoms. The van der Waals surface area contributed by atoms with Crippen LogP contribution in [-0.4, -0.2) is 52.9 Å². The van der Waals surface area contributed by atoms with E-state index in [1.807, 2.05) is 17.9 Å². The molecule has 2 aromatic carbocycles. The molecular weight excluding hydrogens is 474 g/mol. The highest BCUT2D eigenvalue weighted by Gasteiger charge is 2.36. The third-order valence-corrected chi connectivity index (χ3v) is 8.26. The standard InChI is InChI=1S/C29H33N9/c1-5-38-15-14-23-25(29(38,2)3)33-26(31-23)18-8-10-19(11-9-18)27-34-28(37(4)36-27)32-22-13-12-21-20(16-30-35-21)24(22)17-6-7-17/h8-13,16-17H,5-7,14-15H2,1-4H3,(H,30,35)(H,31,33)(H,32,34,36). The lowest BCUT2D eigenvalue weighted by Crippen LogP contribution is -2.46. The monoisotopic (exact) mass is 507 g/mol. The zero-order valence-corrected chi connectivity index (χ0v) is 22.3. The fourth-order valence-electron chi connectivity index (χ4n) is 5.94. The summed E-state index contributed by atoms with van der Waals surface area (Å²) < 4.78 is 1.81. The molecule has 1 fully saturated rings. The van der Waals surface area contributed by atoms with Crippen LogP contribution in [0.3, 0.4) is 0 Å². The molecule has 0 amide bonds. The number of anilines is 2. The van der Waals surface area contributed by atoms with E-state index in [1.54, 1.807) is 0 Å². The molecule has 2 aliphatic rings. The average molecular weight is 508 g/mol. The van der Waals surface area contributed by atoms with Crippen molar-refractivity contribution in [3.8, 4) is 22.8 Å². The van der Waals surface area contributed by atoms with Crippen molar-refractivity contribution in [3.63, 3.8) is 0 Å². The molecule has 0 saturated heterocycles. The Kier molecular flexibility index (Phi) is 5.20. The van der Waals surface area contributed by atoms with Gasteiger partial charge in [0.2, 0.25) is 5.95 Å². The SMILES string of the molecule is CCN1CCc2nc(-c3ccc(-c4nc(Nc5ccc6[nH]ncc6c5C5CC5)n(C)n4)cc3)[nH]c2C1(C)C. The lowest BCUT2D eigenvalue weighted by Gasteiger charge is -2.41. The molecule has 0 radical (unpaired) electrons. The topological polar surface area (TPSA) is 103 Å². The third kappa shape index (κ3) is 3.72. The molecule has 1 aliphatic carbocycles. The smallest absolute Gasteiger partial charge is 0.225 e. The molecule has 9 heteroatoms. The molecular formula is C29H33N9. The Balaban J connectivity index is 1.15. The number of aryl methyl sites for hydroxylation is 1. The number of fused-ring (bicyclic) bond motifs is 2. The third-order valence-electron chi connectivity index (χ3n) is 8.26. The summed E-state index contributed by atoms with van der Waals surface area (Å²) in [6, 6.07) is 12.5. The first kappa shape index (κ1) is 23.2. The number of H-pyrrole nitrogens is 2. The van der Waals surface area contributed by atoms with Crippen molar-refractivity contribution in [1.82, 2.24) is 39.8 Å². The van der Waals surface area contributed by atoms with Gasteiger partial charge in [0.25, 0.3) is 0 Å². The Labute approximate surface area is 221 Å². The van der Waals surface area contributed by atoms with Gasteiger partial charge in [-0.1, -0.05) is 31.2 Å². The highest BCUT2D eigenvalue weighted by atomic mass is 15.4. The van der Waals surface area contributed by atoms with Gasteiger partial charge >= 0.3 is 0 Å². The van der Waals surface area contributed by atoms with Gasteiger partial charge in [-0.2, -0.15) is 10.1 Å². The Morgan fingerprint density at radius 2 is 1.84 bits per heavy atom. The molecule has 9 nitrogen and oxygen atoms in total. The first-order valence-corrected chi connectivity index (χ1v) is 13.5. The Morgan fingerprint density at radius 3 is 2.61 bits per heavy atom. The number of aromatic amines is 2. The predicted octanol–water partition coefficient (Wildman–Crippen LogP) is 5.48. The number of nitrogens with zero attached hydrogens (tertiary/aromatic N) is 6. The van der Waals surface area contributed by atoms with E-state index < -0.39 is 0 Å². The second-order valence-electron chi connectivity index (χ2n) is 11.0. The zero-order chi connectivity index (χ0) is 26.0. The number of aromatic nitrogens is 7. The van der Waals surface area contributed by atoms with E-state index in [0.717, 1.165) is 53.6 Å². The van der Waals surface area contributed by atoms with Crippen molar-refractivity contribution < 1.29 is 0 Å². The zero-order valence-electron chi connectivity index (χ0n) is 22.3. The number of imidazole rings is 1. The first-order chi connectivity index (χ1) is 18.4. The number of benzene rings is 2. The van der Waals surface area contributed by atoms with Crippen molar-refractivity contribution in [1.29, 1.82) is 0 Å². The predicted molar refractivity (Wildman–Crippen MR) is 149 cm³/mol. The van der Waals surface area contributed by atoms with Crippen LogP contribution < -0.4 is 5.32 Å². The average Bonchev–Trinajstić information content (AvgIpc) is 3.29. The van der Waals surface area contributed by atoms with E-state index in [2.05, 4.69) is 82.6 Å². The molecule has 38 heavy (non-hydrogen) atoms. The number of rotatable bonds is 6. The summed E-state index contributed by atoms with van der Waals surface area (Å²) in [6.45, 7) is 8.85. The number of nitrogens with one attached hydrogen (secondary N) is 3. The van der Waals surface area contributed by atoms with Crippen LogP contribution in [0.25, 0.3) is 33.7 Å². The maximum atomic E-state index is 4.96. The van der Waals surface area contributed by atoms with E-state index in [4.69, 9.17) is 15.1 Å². The minimum absolute atomic E-state index is 0.0453. The molecule has 4 heterocycles. The Hall–Kier alpha value is -3.98. The van der Waals surface area contributed by atoms with Gasteiger partial charge < -0.3 is 10.3 Å². The largest absolute Gasteiger partial charge is 0.340 e. The lowest BCUT2D eigenvalue weighted by atomic mass is 9.91. The summed E-state index contributed by atoms with van der Waals surface area (Å²) in [7, 11) is 1.93. The minimum Gasteiger partial charge on any atom is -0.340 e. The molecule has 194 valence electrons. The summed E-state index contributed by atoms with van der Waals surface area (Å²) >= 11 is 0. The molecule has 3 N–H and O–H groups in total. The van der Waals surface area contributed by atoms with Gasteiger partial charge in [0.05, 0.1) is 28.6 Å². The number of likely N-dealkylation sites (N-methyl/N-ethyl adjacent to an activating group) is 1. The second kappa shape index (κ2) is 8.52. The molecule has 7 rings (SSSR count). The Bertz CT molecular complexity index is 1630. The molecule has 3 aromatic heterocycles. The van der Waals surface area contributed by atoms with Crippen molar-refractivity contribution in [2.45, 2.75) is 51.5 Å². The van der Waals surface area contributed by atoms with Crippen LogP contribution in [0.1, 0.15) is 56.5 Å². The van der Waals surface area contributed by atoms with E-state index in [1.165, 1.54) is 35.2 Å². The number of hydrogen-bond acceptors (Lipinski definition) is 6. The van der Waals surface area contributed by atoms with Crippen LogP contribution in [0.5, 0.6) is 0 Å². The summed E-state index contributed by atoms with van der Waals surface area (Å²) in [4.78, 5) is 15.9. The van der Waals surface area contributed by atoms with E-state index in [9.17, 15) is 0 Å². The fourth-order valence-corrected chi connectivity index (χ4v) is 5.94. The van der Waals surface area contributed by atoms with Gasteiger partial charge in [-0.05, 0) is 56.8 Å². The van der Waals surface area contributed by atoms with Crippen LogP contribution in [-0.2, 0) is 19.0 Å². The maximum Gasteiger partial charge on any atom is 0.225 e. The Morgan fingerprint density at radius 1 is 1.05 bits per heavy atom. The van der Waals surface area contributed by atoms with E-state index >= 15 is 0 Å². The summed E-state index contributed by atoms with van der Waals surface area (Å²) in [5.41, 5.74) is 7.86. The summed E-state index contributed by atoms with van der Waals surface area (Å²) in [6.07, 6.45) is 5.32. The molecule has 0 atom stereocenters. The van der Waals surface area contributed by atoms with Gasteiger partial charge in [-0.15, -0.1) is 5.10 Å². The minimum atomic E-state index is -0.0453. The molecule has 1 aliphatic heterocycles. The van der Waals surface area contributed by atoms with Crippen molar-refractivity contribution in [2.24, 2.45) is 7.05 Å². The molecule has 0 spiro atoms. The normalized spacial score (nSPS) is 17.2. The fraction of sp³-hybridized carbons (Fsp3) is 0.379. The lowest BCUT2D eigenvalue weighted by molar-refractivity contribution is 0.110. The highest BCUT2D eigenvalue weighted by molar-refractivity contribution is 5.89. The summed E-state index contributed by atoms with van der Waals surface area (Å²) in [5, 5.41) is 16.8. The van der Waals surface area contributed by atoms with Gasteiger partial charge in [0, 0.05) is 42.2 Å². The van der Waals surface area contributed by atoms with Crippen LogP contribution in [0.15, 0.2) is 42.6 Å². The van der Waals surface area contributed by atoms with Gasteiger partial charge in [-0.3, -0.25) is 10.00 Å². The van der Waals surface area contributed by atoms with Gasteiger partial charge in [0.1, 0.15) is 5.82 Å². The highest BCUT2D eigenvalue weighted by Crippen LogP contribution is 2.47. The van der Waals surface area contributed by atoms with Gasteiger partial charge in [0.15, 0.2) is 5.82 Å². The van der Waals surface area contributed by atoms with Crippen molar-refractivity contribution >= 4 is 22.5 Å². The molecule has 5 aromatic rings. The van der Waals surface area contributed by atoms with Gasteiger partial charge in [-0.25, -0.2) is 9.67 Å². The maximum absolute atomic E-state index is 4.96. The molecule has 1 saturated carbocycles. The van der Waals surface area contributed by atoms with E-state index in [-0.39, 0.29) is 5.54 Å². The van der Waals surface area contributed by atoms with Crippen molar-refractivity contribution in [3.05, 3.63) is 59.5 Å². The number of hydrogen-bond donors (Lipinski definition) is 3. The van der Waals surface area contributed by atoms with Crippen LogP contribution in [0.4, 0.5) is 11.6 Å². The van der Waals surface area contributed by atoms with Crippen LogP contribution >= 0.6 is 0 Å². The second-order valence-corrected chi connectivity index (χ2v) is 11.0. The van der Waals surface area contributed by atoms with Crippen LogP contribution in [0, 0.1) is 0 Å². The summed E-state index contributed by atoms with van der Waals surface area (Å²) in [5.74, 6) is 2.90. The quantitative estimate of drug-likeness (QED) is 0.281. The first-order valence-electron chi connectivity index (χ1n) is 13.5.